The van der Waals surface area contributed by atoms with Crippen LogP contribution in [0.25, 0.3) is 21.9 Å². The molecule has 0 saturated carbocycles. The van der Waals surface area contributed by atoms with E-state index in [-0.39, 0.29) is 5.69 Å². The molecule has 5 rings (SSSR count). The number of anilines is 2. The summed E-state index contributed by atoms with van der Waals surface area (Å²) in [5, 5.41) is 12.6. The van der Waals surface area contributed by atoms with Crippen molar-refractivity contribution in [1.29, 1.82) is 0 Å². The number of furan rings is 1. The van der Waals surface area contributed by atoms with Gasteiger partial charge >= 0.3 is 5.97 Å². The smallest absolute Gasteiger partial charge is 0.359 e. The number of para-hydroxylation sites is 1. The predicted molar refractivity (Wildman–Crippen MR) is 123 cm³/mol. The third-order valence-electron chi connectivity index (χ3n) is 5.60. The standard InChI is InChI=1S/C24H22N4O5/c1-31-21-12-16-15-6-2-3-7-19(15)33-20(16)13-18(21)25-23(29)14-32-24(30)17-8-9-22(27-26-17)28-10-4-5-11-28/h2-3,6-9,12-13H,4-5,10-11,14H2,1H3,(H,25,29). The molecule has 0 spiro atoms. The molecule has 1 aliphatic heterocycles. The summed E-state index contributed by atoms with van der Waals surface area (Å²) in [5.41, 5.74) is 1.81. The van der Waals surface area contributed by atoms with E-state index >= 15 is 0 Å². The van der Waals surface area contributed by atoms with Crippen molar-refractivity contribution in [3.8, 4) is 5.75 Å². The number of esters is 1. The van der Waals surface area contributed by atoms with Crippen LogP contribution in [0.15, 0.2) is 52.9 Å². The lowest BCUT2D eigenvalue weighted by molar-refractivity contribution is -0.119. The van der Waals surface area contributed by atoms with Crippen LogP contribution >= 0.6 is 0 Å². The average molecular weight is 446 g/mol. The second-order valence-electron chi connectivity index (χ2n) is 7.74. The summed E-state index contributed by atoms with van der Waals surface area (Å²) in [7, 11) is 1.52. The number of hydrogen-bond acceptors (Lipinski definition) is 8. The summed E-state index contributed by atoms with van der Waals surface area (Å²) < 4.78 is 16.4. The Hall–Kier alpha value is -4.14. The average Bonchev–Trinajstić information content (AvgIpc) is 3.50. The van der Waals surface area contributed by atoms with Gasteiger partial charge in [0.2, 0.25) is 0 Å². The Balaban J connectivity index is 1.25. The van der Waals surface area contributed by atoms with E-state index in [2.05, 4.69) is 20.4 Å². The van der Waals surface area contributed by atoms with Crippen molar-refractivity contribution in [2.45, 2.75) is 12.8 Å². The minimum absolute atomic E-state index is 0.0482. The molecule has 1 aliphatic rings. The monoisotopic (exact) mass is 446 g/mol. The topological polar surface area (TPSA) is 107 Å². The molecule has 0 atom stereocenters. The third kappa shape index (κ3) is 4.17. The van der Waals surface area contributed by atoms with Gasteiger partial charge in [-0.15, -0.1) is 10.2 Å². The largest absolute Gasteiger partial charge is 0.495 e. The number of carbonyl (C=O) groups excluding carboxylic acids is 2. The molecule has 9 nitrogen and oxygen atoms in total. The molecule has 1 N–H and O–H groups in total. The Morgan fingerprint density at radius 1 is 1.03 bits per heavy atom. The predicted octanol–water partition coefficient (Wildman–Crippen LogP) is 3.78. The fourth-order valence-electron chi connectivity index (χ4n) is 3.96. The lowest BCUT2D eigenvalue weighted by Crippen LogP contribution is -2.22. The number of nitrogens with zero attached hydrogens (tertiary/aromatic N) is 3. The molecular weight excluding hydrogens is 424 g/mol. The van der Waals surface area contributed by atoms with Crippen molar-refractivity contribution >= 4 is 45.3 Å². The number of benzene rings is 2. The maximum atomic E-state index is 12.4. The number of carbonyl (C=O) groups is 2. The number of ether oxygens (including phenoxy) is 2. The minimum Gasteiger partial charge on any atom is -0.495 e. The first kappa shape index (κ1) is 20.7. The van der Waals surface area contributed by atoms with E-state index in [1.807, 2.05) is 24.3 Å². The van der Waals surface area contributed by atoms with Gasteiger partial charge < -0.3 is 24.1 Å². The van der Waals surface area contributed by atoms with E-state index in [1.54, 1.807) is 24.3 Å². The zero-order valence-corrected chi connectivity index (χ0v) is 18.0. The zero-order valence-electron chi connectivity index (χ0n) is 18.0. The summed E-state index contributed by atoms with van der Waals surface area (Å²) in [6, 6.07) is 14.4. The second-order valence-corrected chi connectivity index (χ2v) is 7.74. The molecule has 1 fully saturated rings. The van der Waals surface area contributed by atoms with Crippen molar-refractivity contribution in [1.82, 2.24) is 10.2 Å². The molecule has 168 valence electrons. The van der Waals surface area contributed by atoms with Crippen LogP contribution in [0.5, 0.6) is 5.75 Å². The van der Waals surface area contributed by atoms with Gasteiger partial charge in [-0.3, -0.25) is 4.79 Å². The summed E-state index contributed by atoms with van der Waals surface area (Å²) in [6.45, 7) is 1.39. The normalized spacial score (nSPS) is 13.4. The lowest BCUT2D eigenvalue weighted by atomic mass is 10.1. The van der Waals surface area contributed by atoms with Crippen molar-refractivity contribution in [2.75, 3.05) is 37.0 Å². The molecule has 0 radical (unpaired) electrons. The fraction of sp³-hybridized carbons (Fsp3) is 0.250. The molecule has 0 unspecified atom stereocenters. The van der Waals surface area contributed by atoms with Gasteiger partial charge in [0.15, 0.2) is 18.1 Å². The molecule has 4 aromatic rings. The molecule has 0 bridgehead atoms. The summed E-state index contributed by atoms with van der Waals surface area (Å²) >= 11 is 0. The minimum atomic E-state index is -0.717. The molecule has 9 heteroatoms. The number of amides is 1. The van der Waals surface area contributed by atoms with Crippen LogP contribution in [0.1, 0.15) is 23.3 Å². The molecule has 1 saturated heterocycles. The van der Waals surface area contributed by atoms with E-state index in [9.17, 15) is 9.59 Å². The zero-order chi connectivity index (χ0) is 22.8. The first-order valence-corrected chi connectivity index (χ1v) is 10.7. The summed E-state index contributed by atoms with van der Waals surface area (Å²) in [4.78, 5) is 26.8. The second kappa shape index (κ2) is 8.78. The van der Waals surface area contributed by atoms with Crippen molar-refractivity contribution < 1.29 is 23.5 Å². The van der Waals surface area contributed by atoms with E-state index in [1.165, 1.54) is 7.11 Å². The van der Waals surface area contributed by atoms with Crippen LogP contribution in [-0.4, -0.2) is 48.9 Å². The fourth-order valence-corrected chi connectivity index (χ4v) is 3.96. The Morgan fingerprint density at radius 2 is 1.85 bits per heavy atom. The number of fused-ring (bicyclic) bond motifs is 3. The van der Waals surface area contributed by atoms with E-state index in [0.29, 0.717) is 17.0 Å². The summed E-state index contributed by atoms with van der Waals surface area (Å²) in [6.07, 6.45) is 2.24. The molecule has 33 heavy (non-hydrogen) atoms. The van der Waals surface area contributed by atoms with E-state index in [4.69, 9.17) is 13.9 Å². The molecule has 2 aromatic heterocycles. The summed E-state index contributed by atoms with van der Waals surface area (Å²) in [5.74, 6) is -0.0314. The van der Waals surface area contributed by atoms with Crippen LogP contribution in [0, 0.1) is 0 Å². The van der Waals surface area contributed by atoms with Gasteiger partial charge in [-0.2, -0.15) is 0 Å². The molecule has 0 aliphatic carbocycles. The van der Waals surface area contributed by atoms with Gasteiger partial charge in [-0.1, -0.05) is 18.2 Å². The maximum Gasteiger partial charge on any atom is 0.359 e. The quantitative estimate of drug-likeness (QED) is 0.446. The van der Waals surface area contributed by atoms with Crippen LogP contribution < -0.4 is 15.0 Å². The number of nitrogens with one attached hydrogen (secondary N) is 1. The Bertz CT molecular complexity index is 1330. The van der Waals surface area contributed by atoms with Gasteiger partial charge in [-0.05, 0) is 37.1 Å². The highest BCUT2D eigenvalue weighted by Gasteiger charge is 2.18. The van der Waals surface area contributed by atoms with Gasteiger partial charge in [0.25, 0.3) is 5.91 Å². The number of methoxy groups -OCH3 is 1. The Labute approximate surface area is 189 Å². The Kier molecular flexibility index (Phi) is 5.52. The number of hydrogen-bond donors (Lipinski definition) is 1. The Morgan fingerprint density at radius 3 is 2.61 bits per heavy atom. The maximum absolute atomic E-state index is 12.4. The lowest BCUT2D eigenvalue weighted by Gasteiger charge is -2.15. The molecular formula is C24H22N4O5. The van der Waals surface area contributed by atoms with Crippen molar-refractivity contribution in [3.63, 3.8) is 0 Å². The van der Waals surface area contributed by atoms with Crippen LogP contribution in [0.4, 0.5) is 11.5 Å². The van der Waals surface area contributed by atoms with Gasteiger partial charge in [0.05, 0.1) is 12.8 Å². The third-order valence-corrected chi connectivity index (χ3v) is 5.60. The van der Waals surface area contributed by atoms with E-state index < -0.39 is 18.5 Å². The molecule has 2 aromatic carbocycles. The van der Waals surface area contributed by atoms with Crippen LogP contribution in [-0.2, 0) is 9.53 Å². The molecule has 1 amide bonds. The van der Waals surface area contributed by atoms with Crippen molar-refractivity contribution in [2.24, 2.45) is 0 Å². The highest BCUT2D eigenvalue weighted by atomic mass is 16.5. The molecule has 3 heterocycles. The van der Waals surface area contributed by atoms with Crippen LogP contribution in [0.3, 0.4) is 0 Å². The van der Waals surface area contributed by atoms with Gasteiger partial charge in [0, 0.05) is 29.9 Å². The van der Waals surface area contributed by atoms with Crippen LogP contribution in [0.2, 0.25) is 0 Å². The first-order chi connectivity index (χ1) is 16.1. The number of rotatable bonds is 6. The highest BCUT2D eigenvalue weighted by molar-refractivity contribution is 6.08. The van der Waals surface area contributed by atoms with E-state index in [0.717, 1.165) is 48.1 Å². The number of aromatic nitrogens is 2. The van der Waals surface area contributed by atoms with Crippen molar-refractivity contribution in [3.05, 3.63) is 54.2 Å². The highest BCUT2D eigenvalue weighted by Crippen LogP contribution is 2.36. The van der Waals surface area contributed by atoms with Gasteiger partial charge in [0.1, 0.15) is 16.9 Å². The first-order valence-electron chi connectivity index (χ1n) is 10.7. The SMILES string of the molecule is COc1cc2c(cc1NC(=O)COC(=O)c1ccc(N3CCCC3)nn1)oc1ccccc12. The van der Waals surface area contributed by atoms with Gasteiger partial charge in [-0.25, -0.2) is 4.79 Å².